The molecule has 0 aliphatic carbocycles. The van der Waals surface area contributed by atoms with Gasteiger partial charge in [0.15, 0.2) is 0 Å². The van der Waals surface area contributed by atoms with Crippen LogP contribution in [0.4, 0.5) is 8.78 Å². The van der Waals surface area contributed by atoms with Crippen LogP contribution in [0.1, 0.15) is 33.1 Å². The summed E-state index contributed by atoms with van der Waals surface area (Å²) in [7, 11) is 1.55. The maximum absolute atomic E-state index is 15.0. The van der Waals surface area contributed by atoms with Crippen molar-refractivity contribution in [3.63, 3.8) is 0 Å². The minimum atomic E-state index is -0.815. The molecule has 0 spiro atoms. The van der Waals surface area contributed by atoms with Crippen molar-refractivity contribution in [1.82, 2.24) is 9.88 Å². The summed E-state index contributed by atoms with van der Waals surface area (Å²) in [6, 6.07) is 11.7. The number of nitrogens with zero attached hydrogens (tertiary/aromatic N) is 1. The van der Waals surface area contributed by atoms with E-state index in [0.29, 0.717) is 21.3 Å². The molecule has 4 aromatic rings. The lowest BCUT2D eigenvalue weighted by atomic mass is 9.94. The molecule has 1 amide bonds. The standard InChI is InChI=1S/C25H16BrClF2N2O3/c1-34-14-5-2-12(3-6-14)11-31-23(15-8-13(28)4-7-18(15)27)21-17(26)9-16-20(22(21)25(31)33)19(29)10-30-24(16)32/h2-10,23H,11H2,1H3,(H,30,32). The van der Waals surface area contributed by atoms with Crippen LogP contribution in [0.5, 0.6) is 5.75 Å². The predicted molar refractivity (Wildman–Crippen MR) is 128 cm³/mol. The normalized spacial score (nSPS) is 15.1. The first-order valence-corrected chi connectivity index (χ1v) is 11.4. The van der Waals surface area contributed by atoms with Crippen molar-refractivity contribution in [1.29, 1.82) is 0 Å². The van der Waals surface area contributed by atoms with Gasteiger partial charge < -0.3 is 14.6 Å². The number of hydrogen-bond acceptors (Lipinski definition) is 3. The van der Waals surface area contributed by atoms with Crippen molar-refractivity contribution < 1.29 is 18.3 Å². The molecule has 1 atom stereocenters. The quantitative estimate of drug-likeness (QED) is 0.343. The SMILES string of the molecule is COc1ccc(CN2C(=O)c3c(c(Br)cc4c(=O)[nH]cc(F)c34)C2c2cc(F)ccc2Cl)cc1. The number of methoxy groups -OCH3 is 1. The molecule has 2 heterocycles. The van der Waals surface area contributed by atoms with Crippen LogP contribution in [0.3, 0.4) is 0 Å². The van der Waals surface area contributed by atoms with Crippen LogP contribution < -0.4 is 10.3 Å². The van der Waals surface area contributed by atoms with Gasteiger partial charge in [-0.1, -0.05) is 39.7 Å². The molecule has 0 saturated carbocycles. The molecule has 0 fully saturated rings. The Morgan fingerprint density at radius 1 is 1.12 bits per heavy atom. The van der Waals surface area contributed by atoms with Gasteiger partial charge in [-0.2, -0.15) is 0 Å². The number of halogens is 4. The minimum absolute atomic E-state index is 0.0364. The molecule has 9 heteroatoms. The summed E-state index contributed by atoms with van der Waals surface area (Å²) >= 11 is 9.92. The number of H-pyrrole nitrogens is 1. The fourth-order valence-electron chi connectivity index (χ4n) is 4.42. The zero-order valence-corrected chi connectivity index (χ0v) is 20.0. The van der Waals surface area contributed by atoms with Crippen molar-refractivity contribution in [3.8, 4) is 5.75 Å². The molecule has 1 aliphatic heterocycles. The van der Waals surface area contributed by atoms with Crippen LogP contribution in [0.25, 0.3) is 10.8 Å². The summed E-state index contributed by atoms with van der Waals surface area (Å²) in [5, 5.41) is 0.209. The summed E-state index contributed by atoms with van der Waals surface area (Å²) < 4.78 is 34.9. The summed E-state index contributed by atoms with van der Waals surface area (Å²) in [5.74, 6) is -1.10. The van der Waals surface area contributed by atoms with Crippen molar-refractivity contribution in [3.05, 3.63) is 108 Å². The highest BCUT2D eigenvalue weighted by Crippen LogP contribution is 2.47. The molecular formula is C25H16BrClF2N2O3. The molecule has 172 valence electrons. The summed E-state index contributed by atoms with van der Waals surface area (Å²) in [4.78, 5) is 30.1. The lowest BCUT2D eigenvalue weighted by Gasteiger charge is -2.27. The molecule has 34 heavy (non-hydrogen) atoms. The Bertz CT molecular complexity index is 1520. The molecule has 1 aliphatic rings. The number of nitrogens with one attached hydrogen (secondary N) is 1. The maximum atomic E-state index is 15.0. The fraction of sp³-hybridized carbons (Fsp3) is 0.120. The van der Waals surface area contributed by atoms with Crippen LogP contribution >= 0.6 is 27.5 Å². The Hall–Kier alpha value is -3.23. The van der Waals surface area contributed by atoms with E-state index in [-0.39, 0.29) is 27.9 Å². The summed E-state index contributed by atoms with van der Waals surface area (Å²) in [5.41, 5.74) is 1.07. The van der Waals surface area contributed by atoms with Gasteiger partial charge in [0.2, 0.25) is 0 Å². The lowest BCUT2D eigenvalue weighted by Crippen LogP contribution is -2.28. The molecule has 1 unspecified atom stereocenters. The molecule has 5 rings (SSSR count). The average Bonchev–Trinajstić information content (AvgIpc) is 3.11. The fourth-order valence-corrected chi connectivity index (χ4v) is 5.28. The van der Waals surface area contributed by atoms with Crippen molar-refractivity contribution in [2.45, 2.75) is 12.6 Å². The van der Waals surface area contributed by atoms with E-state index in [0.717, 1.165) is 11.8 Å². The monoisotopic (exact) mass is 544 g/mol. The van der Waals surface area contributed by atoms with Gasteiger partial charge in [0.25, 0.3) is 11.5 Å². The largest absolute Gasteiger partial charge is 0.497 e. The Morgan fingerprint density at radius 2 is 1.85 bits per heavy atom. The van der Waals surface area contributed by atoms with Gasteiger partial charge >= 0.3 is 0 Å². The molecule has 1 N–H and O–H groups in total. The van der Waals surface area contributed by atoms with Crippen LogP contribution in [0.15, 0.2) is 64.0 Å². The van der Waals surface area contributed by atoms with E-state index >= 15 is 0 Å². The number of fused-ring (bicyclic) bond motifs is 3. The number of carbonyl (C=O) groups is 1. The van der Waals surface area contributed by atoms with Crippen molar-refractivity contribution in [2.75, 3.05) is 7.11 Å². The number of pyridine rings is 1. The highest BCUT2D eigenvalue weighted by Gasteiger charge is 2.42. The van der Waals surface area contributed by atoms with Gasteiger partial charge in [-0.25, -0.2) is 8.78 Å². The number of ether oxygens (including phenoxy) is 1. The topological polar surface area (TPSA) is 62.4 Å². The van der Waals surface area contributed by atoms with E-state index in [2.05, 4.69) is 20.9 Å². The van der Waals surface area contributed by atoms with Crippen molar-refractivity contribution in [2.24, 2.45) is 0 Å². The molecule has 0 radical (unpaired) electrons. The number of carbonyl (C=O) groups excluding carboxylic acids is 1. The Balaban J connectivity index is 1.78. The number of amides is 1. The zero-order chi connectivity index (χ0) is 24.1. The summed E-state index contributed by atoms with van der Waals surface area (Å²) in [6.07, 6.45) is 0.933. The lowest BCUT2D eigenvalue weighted by molar-refractivity contribution is 0.0736. The number of aromatic amines is 1. The number of aromatic nitrogens is 1. The third-order valence-corrected chi connectivity index (χ3v) is 6.96. The second-order valence-electron chi connectivity index (χ2n) is 7.88. The van der Waals surface area contributed by atoms with Gasteiger partial charge in [-0.3, -0.25) is 9.59 Å². The average molecular weight is 546 g/mol. The molecule has 0 saturated heterocycles. The van der Waals surface area contributed by atoms with Crippen LogP contribution in [-0.2, 0) is 6.54 Å². The molecule has 3 aromatic carbocycles. The predicted octanol–water partition coefficient (Wildman–Crippen LogP) is 5.98. The second kappa shape index (κ2) is 8.52. The van der Waals surface area contributed by atoms with Gasteiger partial charge in [0, 0.05) is 38.8 Å². The van der Waals surface area contributed by atoms with E-state index in [4.69, 9.17) is 16.3 Å². The van der Waals surface area contributed by atoms with Crippen molar-refractivity contribution >= 4 is 44.2 Å². The smallest absolute Gasteiger partial charge is 0.256 e. The highest BCUT2D eigenvalue weighted by atomic mass is 79.9. The molecule has 5 nitrogen and oxygen atoms in total. The maximum Gasteiger partial charge on any atom is 0.256 e. The highest BCUT2D eigenvalue weighted by molar-refractivity contribution is 9.10. The summed E-state index contributed by atoms with van der Waals surface area (Å²) in [6.45, 7) is 0.133. The van der Waals surface area contributed by atoms with Gasteiger partial charge in [-0.05, 0) is 42.0 Å². The van der Waals surface area contributed by atoms with E-state index in [9.17, 15) is 18.4 Å². The number of hydrogen-bond donors (Lipinski definition) is 1. The number of benzene rings is 3. The third kappa shape index (κ3) is 3.58. The first kappa shape index (κ1) is 22.6. The molecule has 1 aromatic heterocycles. The van der Waals surface area contributed by atoms with Crippen LogP contribution in [0, 0.1) is 11.6 Å². The molecule has 0 bridgehead atoms. The van der Waals surface area contributed by atoms with Gasteiger partial charge in [-0.15, -0.1) is 0 Å². The number of rotatable bonds is 4. The first-order valence-electron chi connectivity index (χ1n) is 10.2. The van der Waals surface area contributed by atoms with Gasteiger partial charge in [0.05, 0.1) is 24.1 Å². The molecular weight excluding hydrogens is 530 g/mol. The Kier molecular flexibility index (Phi) is 5.65. The second-order valence-corrected chi connectivity index (χ2v) is 9.15. The van der Waals surface area contributed by atoms with E-state index < -0.39 is 29.1 Å². The Morgan fingerprint density at radius 3 is 2.56 bits per heavy atom. The van der Waals surface area contributed by atoms with E-state index in [1.165, 1.54) is 29.2 Å². The first-order chi connectivity index (χ1) is 16.3. The van der Waals surface area contributed by atoms with Crippen LogP contribution in [-0.4, -0.2) is 22.9 Å². The van der Waals surface area contributed by atoms with E-state index in [1.54, 1.807) is 31.4 Å². The zero-order valence-electron chi connectivity index (χ0n) is 17.7. The van der Waals surface area contributed by atoms with E-state index in [1.807, 2.05) is 0 Å². The van der Waals surface area contributed by atoms with Gasteiger partial charge in [0.1, 0.15) is 17.4 Å². The van der Waals surface area contributed by atoms with Crippen LogP contribution in [0.2, 0.25) is 5.02 Å². The third-order valence-electron chi connectivity index (χ3n) is 5.95. The Labute approximate surface area is 206 Å². The minimum Gasteiger partial charge on any atom is -0.497 e.